The number of alkyl halides is 3. The van der Waals surface area contributed by atoms with Crippen LogP contribution in [0.1, 0.15) is 60.9 Å². The Morgan fingerprint density at radius 3 is 2.69 bits per heavy atom. The average molecular weight is 535 g/mol. The number of halogens is 5. The standard InChI is InChI=1S/C24H30F4N4OS.ClH/c1-31-21(16-5-10-33-11-6-16)29-30-22(31)34-12-2-8-32-9-7-23(15-32)14-19(23)18-4-3-17(13-20(18)25)24(26,27)28;/h3-4,13,16,19H,2,5-12,14-15H2,1H3;1H. The number of rotatable bonds is 7. The van der Waals surface area contributed by atoms with Crippen molar-refractivity contribution in [3.8, 4) is 0 Å². The Hall–Kier alpha value is -1.36. The minimum atomic E-state index is -4.51. The van der Waals surface area contributed by atoms with Crippen molar-refractivity contribution >= 4 is 24.2 Å². The van der Waals surface area contributed by atoms with E-state index in [1.54, 1.807) is 11.8 Å². The molecule has 194 valence electrons. The van der Waals surface area contributed by atoms with Gasteiger partial charge in [0.15, 0.2) is 5.16 Å². The summed E-state index contributed by atoms with van der Waals surface area (Å²) < 4.78 is 60.5. The molecule has 5 rings (SSSR count). The lowest BCUT2D eigenvalue weighted by molar-refractivity contribution is -0.137. The molecule has 3 fully saturated rings. The maximum absolute atomic E-state index is 14.4. The second-order valence-corrected chi connectivity index (χ2v) is 10.9. The van der Waals surface area contributed by atoms with Crippen molar-refractivity contribution in [1.82, 2.24) is 19.7 Å². The third kappa shape index (κ3) is 5.65. The second-order valence-electron chi connectivity index (χ2n) is 9.87. The maximum atomic E-state index is 14.4. The summed E-state index contributed by atoms with van der Waals surface area (Å²) in [7, 11) is 2.03. The zero-order chi connectivity index (χ0) is 23.9. The van der Waals surface area contributed by atoms with E-state index in [1.165, 1.54) is 6.07 Å². The van der Waals surface area contributed by atoms with E-state index in [0.717, 1.165) is 87.8 Å². The van der Waals surface area contributed by atoms with E-state index in [9.17, 15) is 17.6 Å². The fourth-order valence-corrected chi connectivity index (χ4v) is 6.46. The molecule has 2 saturated heterocycles. The molecule has 5 nitrogen and oxygen atoms in total. The summed E-state index contributed by atoms with van der Waals surface area (Å²) in [6.45, 7) is 4.37. The third-order valence-electron chi connectivity index (χ3n) is 7.66. The van der Waals surface area contributed by atoms with Gasteiger partial charge in [-0.25, -0.2) is 4.39 Å². The molecule has 3 heterocycles. The average Bonchev–Trinajstić information content (AvgIpc) is 3.14. The lowest BCUT2D eigenvalue weighted by Crippen LogP contribution is -2.23. The fourth-order valence-electron chi connectivity index (χ4n) is 5.61. The van der Waals surface area contributed by atoms with Gasteiger partial charge in [0, 0.05) is 38.5 Å². The molecule has 2 aromatic rings. The molecule has 1 aromatic carbocycles. The Labute approximate surface area is 213 Å². The Kier molecular flexibility index (Phi) is 8.05. The van der Waals surface area contributed by atoms with Crippen molar-refractivity contribution in [3.63, 3.8) is 0 Å². The largest absolute Gasteiger partial charge is 0.416 e. The number of hydrogen-bond acceptors (Lipinski definition) is 5. The molecular formula is C24H31ClF4N4OS. The number of aromatic nitrogens is 3. The van der Waals surface area contributed by atoms with Gasteiger partial charge in [0.25, 0.3) is 0 Å². The number of thioether (sulfide) groups is 1. The molecule has 0 amide bonds. The van der Waals surface area contributed by atoms with Crippen LogP contribution in [0.15, 0.2) is 23.4 Å². The van der Waals surface area contributed by atoms with Gasteiger partial charge < -0.3 is 14.2 Å². The molecule has 1 aromatic heterocycles. The van der Waals surface area contributed by atoms with E-state index >= 15 is 0 Å². The number of hydrogen-bond donors (Lipinski definition) is 0. The highest BCUT2D eigenvalue weighted by Gasteiger charge is 2.58. The Balaban J connectivity index is 0.00000289. The number of ether oxygens (including phenoxy) is 1. The lowest BCUT2D eigenvalue weighted by Gasteiger charge is -2.21. The van der Waals surface area contributed by atoms with Gasteiger partial charge in [0.1, 0.15) is 11.6 Å². The first-order valence-electron chi connectivity index (χ1n) is 12.0. The van der Waals surface area contributed by atoms with Crippen molar-refractivity contribution in [2.45, 2.75) is 55.3 Å². The predicted octanol–water partition coefficient (Wildman–Crippen LogP) is 5.65. The van der Waals surface area contributed by atoms with E-state index in [0.29, 0.717) is 17.5 Å². The van der Waals surface area contributed by atoms with E-state index in [-0.39, 0.29) is 23.7 Å². The van der Waals surface area contributed by atoms with Crippen LogP contribution < -0.4 is 0 Å². The van der Waals surface area contributed by atoms with Gasteiger partial charge >= 0.3 is 6.18 Å². The summed E-state index contributed by atoms with van der Waals surface area (Å²) >= 11 is 1.72. The van der Waals surface area contributed by atoms with Crippen LogP contribution >= 0.6 is 24.2 Å². The van der Waals surface area contributed by atoms with Crippen LogP contribution in [0.3, 0.4) is 0 Å². The monoisotopic (exact) mass is 534 g/mol. The fraction of sp³-hybridized carbons (Fsp3) is 0.667. The molecule has 1 aliphatic carbocycles. The quantitative estimate of drug-likeness (QED) is 0.261. The van der Waals surface area contributed by atoms with Crippen LogP contribution in [-0.4, -0.2) is 58.3 Å². The molecular weight excluding hydrogens is 504 g/mol. The normalized spacial score (nSPS) is 25.2. The first kappa shape index (κ1) is 26.7. The molecule has 2 atom stereocenters. The first-order valence-corrected chi connectivity index (χ1v) is 12.9. The molecule has 1 saturated carbocycles. The molecule has 2 aliphatic heterocycles. The number of nitrogens with zero attached hydrogens (tertiary/aromatic N) is 4. The molecule has 2 unspecified atom stereocenters. The van der Waals surface area contributed by atoms with Crippen molar-refractivity contribution in [2.24, 2.45) is 12.5 Å². The summed E-state index contributed by atoms with van der Waals surface area (Å²) in [5, 5.41) is 9.74. The van der Waals surface area contributed by atoms with E-state index in [1.807, 2.05) is 7.05 Å². The Morgan fingerprint density at radius 2 is 1.97 bits per heavy atom. The summed E-state index contributed by atoms with van der Waals surface area (Å²) in [6, 6.07) is 2.99. The zero-order valence-electron chi connectivity index (χ0n) is 19.7. The van der Waals surface area contributed by atoms with Crippen LogP contribution in [0.2, 0.25) is 0 Å². The van der Waals surface area contributed by atoms with Gasteiger partial charge in [-0.3, -0.25) is 0 Å². The number of likely N-dealkylation sites (tertiary alicyclic amines) is 1. The number of benzene rings is 1. The van der Waals surface area contributed by atoms with E-state index in [4.69, 9.17) is 4.74 Å². The third-order valence-corrected chi connectivity index (χ3v) is 8.77. The molecule has 0 N–H and O–H groups in total. The van der Waals surface area contributed by atoms with Gasteiger partial charge in [-0.15, -0.1) is 22.6 Å². The molecule has 0 bridgehead atoms. The summed E-state index contributed by atoms with van der Waals surface area (Å²) in [4.78, 5) is 2.41. The highest BCUT2D eigenvalue weighted by atomic mass is 35.5. The first-order chi connectivity index (χ1) is 16.3. The van der Waals surface area contributed by atoms with E-state index < -0.39 is 17.6 Å². The second kappa shape index (κ2) is 10.6. The predicted molar refractivity (Wildman–Crippen MR) is 129 cm³/mol. The summed E-state index contributed by atoms with van der Waals surface area (Å²) in [5.74, 6) is 1.71. The van der Waals surface area contributed by atoms with Crippen LogP contribution in [-0.2, 0) is 18.0 Å². The van der Waals surface area contributed by atoms with Crippen molar-refractivity contribution in [1.29, 1.82) is 0 Å². The van der Waals surface area contributed by atoms with Gasteiger partial charge in [-0.1, -0.05) is 17.8 Å². The molecule has 1 spiro atoms. The van der Waals surface area contributed by atoms with Gasteiger partial charge in [0.05, 0.1) is 5.56 Å². The maximum Gasteiger partial charge on any atom is 0.416 e. The van der Waals surface area contributed by atoms with Crippen molar-refractivity contribution in [3.05, 3.63) is 41.0 Å². The highest BCUT2D eigenvalue weighted by Crippen LogP contribution is 2.64. The summed E-state index contributed by atoms with van der Waals surface area (Å²) in [6.07, 6.45) is 0.312. The molecule has 35 heavy (non-hydrogen) atoms. The van der Waals surface area contributed by atoms with Gasteiger partial charge in [-0.05, 0) is 74.2 Å². The van der Waals surface area contributed by atoms with E-state index in [2.05, 4.69) is 19.7 Å². The van der Waals surface area contributed by atoms with Crippen LogP contribution in [0, 0.1) is 11.2 Å². The highest BCUT2D eigenvalue weighted by molar-refractivity contribution is 7.99. The van der Waals surface area contributed by atoms with Crippen LogP contribution in [0.5, 0.6) is 0 Å². The van der Waals surface area contributed by atoms with Crippen molar-refractivity contribution in [2.75, 3.05) is 38.6 Å². The zero-order valence-corrected chi connectivity index (χ0v) is 21.3. The SMILES string of the molecule is Cl.Cn1c(SCCCN2CCC3(CC3c3ccc(C(F)(F)F)cc3F)C2)nnc1C1CCOCC1. The summed E-state index contributed by atoms with van der Waals surface area (Å²) in [5.41, 5.74) is -0.458. The molecule has 0 radical (unpaired) electrons. The minimum Gasteiger partial charge on any atom is -0.381 e. The van der Waals surface area contributed by atoms with Gasteiger partial charge in [-0.2, -0.15) is 13.2 Å². The Morgan fingerprint density at radius 1 is 1.20 bits per heavy atom. The lowest BCUT2D eigenvalue weighted by atomic mass is 9.97. The molecule has 11 heteroatoms. The van der Waals surface area contributed by atoms with Crippen LogP contribution in [0.25, 0.3) is 0 Å². The van der Waals surface area contributed by atoms with Crippen LogP contribution in [0.4, 0.5) is 17.6 Å². The topological polar surface area (TPSA) is 43.2 Å². The smallest absolute Gasteiger partial charge is 0.381 e. The minimum absolute atomic E-state index is 0. The Bertz CT molecular complexity index is 1030. The van der Waals surface area contributed by atoms with Gasteiger partial charge in [0.2, 0.25) is 0 Å². The molecule has 3 aliphatic rings. The van der Waals surface area contributed by atoms with Crippen molar-refractivity contribution < 1.29 is 22.3 Å².